The number of thiazole rings is 1. The number of ether oxygens (including phenoxy) is 1. The van der Waals surface area contributed by atoms with Crippen LogP contribution < -0.4 is 15.0 Å². The van der Waals surface area contributed by atoms with Crippen molar-refractivity contribution in [2.24, 2.45) is 0 Å². The van der Waals surface area contributed by atoms with E-state index in [1.807, 2.05) is 0 Å². The number of nitrogens with zero attached hydrogens (tertiary/aromatic N) is 3. The maximum Gasteiger partial charge on any atom is 0.273 e. The van der Waals surface area contributed by atoms with E-state index in [4.69, 9.17) is 4.74 Å². The number of anilines is 1. The molecular weight excluding hydrogens is 392 g/mol. The van der Waals surface area contributed by atoms with Crippen LogP contribution in [0.4, 0.5) is 5.69 Å². The number of benzene rings is 1. The van der Waals surface area contributed by atoms with E-state index in [9.17, 15) is 4.79 Å². The van der Waals surface area contributed by atoms with E-state index in [1.165, 1.54) is 27.1 Å². The third kappa shape index (κ3) is 4.29. The van der Waals surface area contributed by atoms with Gasteiger partial charge in [-0.05, 0) is 30.0 Å². The van der Waals surface area contributed by atoms with Gasteiger partial charge in [0.15, 0.2) is 0 Å². The first-order valence-electron chi connectivity index (χ1n) is 9.48. The van der Waals surface area contributed by atoms with Gasteiger partial charge in [-0.2, -0.15) is 4.98 Å². The van der Waals surface area contributed by atoms with Gasteiger partial charge >= 0.3 is 0 Å². The van der Waals surface area contributed by atoms with Crippen molar-refractivity contribution in [3.05, 3.63) is 40.7 Å². The molecule has 1 amide bonds. The van der Waals surface area contributed by atoms with Crippen molar-refractivity contribution in [3.8, 4) is 5.19 Å². The van der Waals surface area contributed by atoms with E-state index in [1.54, 1.807) is 23.8 Å². The number of amides is 1. The third-order valence-corrected chi connectivity index (χ3v) is 6.61. The highest BCUT2D eigenvalue weighted by molar-refractivity contribution is 7.17. The van der Waals surface area contributed by atoms with Crippen LogP contribution >= 0.6 is 22.7 Å². The Labute approximate surface area is 172 Å². The molecule has 4 rings (SSSR count). The van der Waals surface area contributed by atoms with Crippen molar-refractivity contribution in [1.29, 1.82) is 0 Å². The summed E-state index contributed by atoms with van der Waals surface area (Å²) in [5, 5.41) is 8.39. The van der Waals surface area contributed by atoms with Gasteiger partial charge in [0.2, 0.25) is 0 Å². The Bertz CT molecular complexity index is 931. The largest absolute Gasteiger partial charge is 0.470 e. The minimum Gasteiger partial charge on any atom is -0.470 e. The normalized spacial score (nSPS) is 15.1. The van der Waals surface area contributed by atoms with Crippen LogP contribution in [0.1, 0.15) is 16.9 Å². The molecular formula is C20H24N4O2S2. The second kappa shape index (κ2) is 8.89. The van der Waals surface area contributed by atoms with Crippen molar-refractivity contribution in [3.63, 3.8) is 0 Å². The average molecular weight is 417 g/mol. The first-order chi connectivity index (χ1) is 13.7. The Hall–Kier alpha value is -2.16. The van der Waals surface area contributed by atoms with Gasteiger partial charge in [0.05, 0.1) is 6.61 Å². The predicted molar refractivity (Wildman–Crippen MR) is 116 cm³/mol. The number of carbonyl (C=O) groups is 1. The van der Waals surface area contributed by atoms with Gasteiger partial charge in [-0.1, -0.05) is 17.4 Å². The molecule has 1 saturated heterocycles. The van der Waals surface area contributed by atoms with Crippen molar-refractivity contribution >= 4 is 44.4 Å². The van der Waals surface area contributed by atoms with Crippen molar-refractivity contribution in [1.82, 2.24) is 15.2 Å². The first-order valence-corrected chi connectivity index (χ1v) is 11.2. The predicted octanol–water partition coefficient (Wildman–Crippen LogP) is 3.31. The fourth-order valence-electron chi connectivity index (χ4n) is 3.47. The average Bonchev–Trinajstić information content (AvgIpc) is 3.40. The quantitative estimate of drug-likeness (QED) is 0.599. The highest BCUT2D eigenvalue weighted by atomic mass is 32.1. The van der Waals surface area contributed by atoms with Crippen molar-refractivity contribution < 1.29 is 9.53 Å². The summed E-state index contributed by atoms with van der Waals surface area (Å²) in [6.07, 6.45) is 0.953. The summed E-state index contributed by atoms with van der Waals surface area (Å²) >= 11 is 3.17. The molecule has 8 heteroatoms. The summed E-state index contributed by atoms with van der Waals surface area (Å²) in [6, 6.07) is 8.82. The molecule has 6 nitrogen and oxygen atoms in total. The van der Waals surface area contributed by atoms with Crippen LogP contribution in [0.25, 0.3) is 10.1 Å². The van der Waals surface area contributed by atoms with E-state index in [-0.39, 0.29) is 5.91 Å². The summed E-state index contributed by atoms with van der Waals surface area (Å²) in [4.78, 5) is 20.7. The summed E-state index contributed by atoms with van der Waals surface area (Å²) in [5.74, 6) is -0.179. The molecule has 0 atom stereocenters. The zero-order chi connectivity index (χ0) is 19.3. The Kier molecular flexibility index (Phi) is 6.09. The molecule has 148 valence electrons. The number of piperazine rings is 1. The van der Waals surface area contributed by atoms with Gasteiger partial charge in [-0.15, -0.1) is 11.3 Å². The maximum atomic E-state index is 11.5. The molecule has 1 aliphatic heterocycles. The molecule has 3 heterocycles. The van der Waals surface area contributed by atoms with Crippen LogP contribution in [0.5, 0.6) is 5.19 Å². The molecule has 1 aliphatic rings. The highest BCUT2D eigenvalue weighted by Gasteiger charge is 2.18. The molecule has 1 aromatic carbocycles. The molecule has 0 bridgehead atoms. The van der Waals surface area contributed by atoms with Crippen LogP contribution in [0.3, 0.4) is 0 Å². The smallest absolute Gasteiger partial charge is 0.273 e. The lowest BCUT2D eigenvalue weighted by Gasteiger charge is -2.36. The molecule has 0 saturated carbocycles. The minimum absolute atomic E-state index is 0.179. The lowest BCUT2D eigenvalue weighted by Crippen LogP contribution is -2.46. The van der Waals surface area contributed by atoms with E-state index in [0.717, 1.165) is 39.1 Å². The molecule has 0 radical (unpaired) electrons. The van der Waals surface area contributed by atoms with E-state index in [2.05, 4.69) is 49.7 Å². The number of nitrogens with one attached hydrogen (secondary N) is 1. The molecule has 28 heavy (non-hydrogen) atoms. The van der Waals surface area contributed by atoms with Crippen molar-refractivity contribution in [2.45, 2.75) is 6.42 Å². The summed E-state index contributed by atoms with van der Waals surface area (Å²) in [6.45, 7) is 5.88. The van der Waals surface area contributed by atoms with E-state index < -0.39 is 0 Å². The van der Waals surface area contributed by atoms with E-state index >= 15 is 0 Å². The van der Waals surface area contributed by atoms with Crippen LogP contribution in [0.2, 0.25) is 0 Å². The van der Waals surface area contributed by atoms with Gasteiger partial charge in [0.1, 0.15) is 5.69 Å². The number of fused-ring (bicyclic) bond motifs is 1. The zero-order valence-corrected chi connectivity index (χ0v) is 17.5. The standard InChI is InChI=1S/C20H24N4O2S2/c1-21-19(25)16-14-28-20(22-16)26-12-3-7-23-8-10-24(11-9-23)17-4-2-5-18-15(17)6-13-27-18/h2,4-6,13-14H,3,7-12H2,1H3,(H,21,25). The highest BCUT2D eigenvalue weighted by Crippen LogP contribution is 2.31. The number of carbonyl (C=O) groups excluding carboxylic acids is 1. The van der Waals surface area contributed by atoms with Gasteiger partial charge < -0.3 is 15.0 Å². The maximum absolute atomic E-state index is 11.5. The lowest BCUT2D eigenvalue weighted by molar-refractivity contribution is 0.0958. The number of aromatic nitrogens is 1. The van der Waals surface area contributed by atoms with E-state index in [0.29, 0.717) is 17.5 Å². The number of rotatable bonds is 7. The Morgan fingerprint density at radius 1 is 1.21 bits per heavy atom. The molecule has 0 aliphatic carbocycles. The summed E-state index contributed by atoms with van der Waals surface area (Å²) in [7, 11) is 1.60. The third-order valence-electron chi connectivity index (χ3n) is 4.97. The lowest BCUT2D eigenvalue weighted by atomic mass is 10.2. The topological polar surface area (TPSA) is 57.7 Å². The Morgan fingerprint density at radius 3 is 2.89 bits per heavy atom. The van der Waals surface area contributed by atoms with Gasteiger partial charge in [0.25, 0.3) is 11.1 Å². The molecule has 0 spiro atoms. The second-order valence-electron chi connectivity index (χ2n) is 6.72. The molecule has 1 fully saturated rings. The fraction of sp³-hybridized carbons (Fsp3) is 0.400. The van der Waals surface area contributed by atoms with Crippen LogP contribution in [-0.2, 0) is 0 Å². The Balaban J connectivity index is 1.20. The molecule has 3 aromatic rings. The zero-order valence-electron chi connectivity index (χ0n) is 15.9. The number of hydrogen-bond donors (Lipinski definition) is 1. The summed E-state index contributed by atoms with van der Waals surface area (Å²) < 4.78 is 7.05. The Morgan fingerprint density at radius 2 is 2.07 bits per heavy atom. The van der Waals surface area contributed by atoms with Crippen molar-refractivity contribution in [2.75, 3.05) is 51.3 Å². The number of thiophene rings is 1. The number of hydrogen-bond acceptors (Lipinski definition) is 7. The van der Waals surface area contributed by atoms with Crippen LogP contribution in [0.15, 0.2) is 35.0 Å². The van der Waals surface area contributed by atoms with Gasteiger partial charge in [0, 0.05) is 60.9 Å². The second-order valence-corrected chi connectivity index (χ2v) is 8.49. The monoisotopic (exact) mass is 416 g/mol. The molecule has 2 aromatic heterocycles. The van der Waals surface area contributed by atoms with Crippen LogP contribution in [0, 0.1) is 0 Å². The molecule has 1 N–H and O–H groups in total. The minimum atomic E-state index is -0.179. The molecule has 0 unspecified atom stereocenters. The van der Waals surface area contributed by atoms with Gasteiger partial charge in [-0.3, -0.25) is 9.69 Å². The SMILES string of the molecule is CNC(=O)c1csc(OCCCN2CCN(c3cccc4sccc34)CC2)n1. The first kappa shape index (κ1) is 19.2. The summed E-state index contributed by atoms with van der Waals surface area (Å²) in [5.41, 5.74) is 1.77. The van der Waals surface area contributed by atoms with Gasteiger partial charge in [-0.25, -0.2) is 0 Å². The fourth-order valence-corrected chi connectivity index (χ4v) is 4.95. The van der Waals surface area contributed by atoms with Crippen LogP contribution in [-0.4, -0.2) is 62.2 Å².